The summed E-state index contributed by atoms with van der Waals surface area (Å²) in [5, 5.41) is 2.75. The molecule has 7 heteroatoms. The highest BCUT2D eigenvalue weighted by atomic mass is 35.5. The largest absolute Gasteiger partial charge is 0.489 e. The van der Waals surface area contributed by atoms with E-state index in [1.54, 1.807) is 6.92 Å². The minimum absolute atomic E-state index is 0. The van der Waals surface area contributed by atoms with Crippen molar-refractivity contribution in [2.24, 2.45) is 11.7 Å². The molecule has 0 aliphatic carbocycles. The molecule has 3 unspecified atom stereocenters. The normalized spacial score (nSPS) is 18.0. The van der Waals surface area contributed by atoms with Crippen LogP contribution in [0.5, 0.6) is 5.75 Å². The van der Waals surface area contributed by atoms with Crippen LogP contribution in [-0.2, 0) is 9.53 Å². The van der Waals surface area contributed by atoms with Gasteiger partial charge in [0.1, 0.15) is 18.2 Å². The summed E-state index contributed by atoms with van der Waals surface area (Å²) in [6.45, 7) is 2.85. The van der Waals surface area contributed by atoms with Crippen LogP contribution in [0.2, 0.25) is 0 Å². The SMILES string of the molecule is CC(C(=O)Nc1cc(F)ccc1OCC1CCCO1)C(N)c1ccccc1.Cl. The minimum Gasteiger partial charge on any atom is -0.489 e. The molecule has 1 fully saturated rings. The molecule has 0 bridgehead atoms. The molecule has 1 amide bonds. The lowest BCUT2D eigenvalue weighted by molar-refractivity contribution is -0.120. The first-order chi connectivity index (χ1) is 13.0. The number of carbonyl (C=O) groups is 1. The van der Waals surface area contributed by atoms with Crippen molar-refractivity contribution in [2.45, 2.75) is 31.9 Å². The van der Waals surface area contributed by atoms with Gasteiger partial charge < -0.3 is 20.5 Å². The molecule has 1 heterocycles. The van der Waals surface area contributed by atoms with Gasteiger partial charge in [0, 0.05) is 18.7 Å². The maximum absolute atomic E-state index is 13.7. The number of hydrogen-bond donors (Lipinski definition) is 2. The van der Waals surface area contributed by atoms with Crippen LogP contribution in [0.3, 0.4) is 0 Å². The second-order valence-corrected chi connectivity index (χ2v) is 6.80. The fourth-order valence-corrected chi connectivity index (χ4v) is 3.06. The van der Waals surface area contributed by atoms with E-state index >= 15 is 0 Å². The van der Waals surface area contributed by atoms with E-state index in [0.29, 0.717) is 18.0 Å². The molecule has 2 aromatic rings. The quantitative estimate of drug-likeness (QED) is 0.724. The highest BCUT2D eigenvalue weighted by molar-refractivity contribution is 5.94. The van der Waals surface area contributed by atoms with Crippen molar-refractivity contribution in [1.82, 2.24) is 0 Å². The first-order valence-corrected chi connectivity index (χ1v) is 9.20. The maximum atomic E-state index is 13.7. The van der Waals surface area contributed by atoms with Crippen LogP contribution in [0.25, 0.3) is 0 Å². The van der Waals surface area contributed by atoms with Crippen molar-refractivity contribution in [3.63, 3.8) is 0 Å². The predicted molar refractivity (Wildman–Crippen MR) is 109 cm³/mol. The third-order valence-corrected chi connectivity index (χ3v) is 4.78. The minimum atomic E-state index is -0.498. The molecule has 5 nitrogen and oxygen atoms in total. The van der Waals surface area contributed by atoms with Gasteiger partial charge in [-0.2, -0.15) is 0 Å². The van der Waals surface area contributed by atoms with Crippen molar-refractivity contribution in [2.75, 3.05) is 18.5 Å². The summed E-state index contributed by atoms with van der Waals surface area (Å²) in [7, 11) is 0. The van der Waals surface area contributed by atoms with Crippen LogP contribution in [-0.4, -0.2) is 25.2 Å². The molecule has 3 N–H and O–H groups in total. The third kappa shape index (κ3) is 5.67. The summed E-state index contributed by atoms with van der Waals surface area (Å²) in [4.78, 5) is 12.7. The van der Waals surface area contributed by atoms with Gasteiger partial charge in [-0.1, -0.05) is 37.3 Å². The van der Waals surface area contributed by atoms with Gasteiger partial charge >= 0.3 is 0 Å². The van der Waals surface area contributed by atoms with Gasteiger partial charge in [0.2, 0.25) is 5.91 Å². The van der Waals surface area contributed by atoms with Gasteiger partial charge in [0.25, 0.3) is 0 Å². The number of nitrogens with one attached hydrogen (secondary N) is 1. The summed E-state index contributed by atoms with van der Waals surface area (Å²) < 4.78 is 25.0. The zero-order chi connectivity index (χ0) is 19.2. The molecule has 0 saturated carbocycles. The number of anilines is 1. The fraction of sp³-hybridized carbons (Fsp3) is 0.381. The summed E-state index contributed by atoms with van der Waals surface area (Å²) >= 11 is 0. The first kappa shape index (κ1) is 22.1. The Hall–Kier alpha value is -2.15. The van der Waals surface area contributed by atoms with Crippen LogP contribution in [0, 0.1) is 11.7 Å². The van der Waals surface area contributed by atoms with Gasteiger partial charge in [-0.15, -0.1) is 12.4 Å². The van der Waals surface area contributed by atoms with Crippen LogP contribution in [0.1, 0.15) is 31.4 Å². The van der Waals surface area contributed by atoms with Crippen molar-refractivity contribution >= 4 is 24.0 Å². The molecule has 1 aliphatic heterocycles. The highest BCUT2D eigenvalue weighted by Gasteiger charge is 2.24. The molecule has 0 spiro atoms. The van der Waals surface area contributed by atoms with Crippen molar-refractivity contribution < 1.29 is 18.7 Å². The Balaban J connectivity index is 0.00000280. The Kier molecular flexibility index (Phi) is 8.23. The van der Waals surface area contributed by atoms with E-state index < -0.39 is 17.8 Å². The molecule has 0 radical (unpaired) electrons. The Bertz CT molecular complexity index is 770. The molecule has 28 heavy (non-hydrogen) atoms. The lowest BCUT2D eigenvalue weighted by Crippen LogP contribution is -2.30. The maximum Gasteiger partial charge on any atom is 0.229 e. The van der Waals surface area contributed by atoms with Gasteiger partial charge in [-0.05, 0) is 30.5 Å². The number of nitrogens with two attached hydrogens (primary N) is 1. The Labute approximate surface area is 170 Å². The molecule has 152 valence electrons. The summed E-state index contributed by atoms with van der Waals surface area (Å²) in [6.07, 6.45) is 1.98. The Morgan fingerprint density at radius 2 is 2.07 bits per heavy atom. The monoisotopic (exact) mass is 408 g/mol. The molecule has 3 atom stereocenters. The zero-order valence-electron chi connectivity index (χ0n) is 15.8. The van der Waals surface area contributed by atoms with Crippen LogP contribution < -0.4 is 15.8 Å². The zero-order valence-corrected chi connectivity index (χ0v) is 16.6. The number of halogens is 2. The third-order valence-electron chi connectivity index (χ3n) is 4.78. The van der Waals surface area contributed by atoms with E-state index in [-0.39, 0.29) is 24.4 Å². The van der Waals surface area contributed by atoms with Crippen LogP contribution in [0.15, 0.2) is 48.5 Å². The van der Waals surface area contributed by atoms with Gasteiger partial charge in [-0.25, -0.2) is 4.39 Å². The Morgan fingerprint density at radius 1 is 1.32 bits per heavy atom. The number of rotatable bonds is 7. The van der Waals surface area contributed by atoms with E-state index in [1.165, 1.54) is 18.2 Å². The molecular formula is C21H26ClFN2O3. The van der Waals surface area contributed by atoms with Gasteiger partial charge in [-0.3, -0.25) is 4.79 Å². The van der Waals surface area contributed by atoms with Gasteiger partial charge in [0.05, 0.1) is 17.7 Å². The highest BCUT2D eigenvalue weighted by Crippen LogP contribution is 2.28. The Morgan fingerprint density at radius 3 is 2.75 bits per heavy atom. The van der Waals surface area contributed by atoms with Crippen LogP contribution in [0.4, 0.5) is 10.1 Å². The van der Waals surface area contributed by atoms with Crippen molar-refractivity contribution in [3.8, 4) is 5.75 Å². The smallest absolute Gasteiger partial charge is 0.229 e. The van der Waals surface area contributed by atoms with Crippen molar-refractivity contribution in [3.05, 3.63) is 59.9 Å². The van der Waals surface area contributed by atoms with E-state index in [1.807, 2.05) is 30.3 Å². The first-order valence-electron chi connectivity index (χ1n) is 9.20. The lowest BCUT2D eigenvalue weighted by atomic mass is 9.94. The summed E-state index contributed by atoms with van der Waals surface area (Å²) in [6, 6.07) is 13.0. The summed E-state index contributed by atoms with van der Waals surface area (Å²) in [5.74, 6) is -0.823. The van der Waals surface area contributed by atoms with E-state index in [0.717, 1.165) is 25.0 Å². The van der Waals surface area contributed by atoms with E-state index in [9.17, 15) is 9.18 Å². The number of hydrogen-bond acceptors (Lipinski definition) is 4. The molecule has 3 rings (SSSR count). The average Bonchev–Trinajstić information content (AvgIpc) is 3.20. The standard InChI is InChI=1S/C21H25FN2O3.ClH/c1-14(20(23)15-6-3-2-4-7-15)21(25)24-18-12-16(22)9-10-19(18)27-13-17-8-5-11-26-17;/h2-4,6-7,9-10,12,14,17,20H,5,8,11,13,23H2,1H3,(H,24,25);1H. The summed E-state index contributed by atoms with van der Waals surface area (Å²) in [5.41, 5.74) is 7.39. The number of amides is 1. The molecule has 1 saturated heterocycles. The second kappa shape index (κ2) is 10.4. The average molecular weight is 409 g/mol. The van der Waals surface area contributed by atoms with E-state index in [2.05, 4.69) is 5.32 Å². The molecule has 2 aromatic carbocycles. The second-order valence-electron chi connectivity index (χ2n) is 6.80. The molecule has 0 aromatic heterocycles. The number of ether oxygens (including phenoxy) is 2. The predicted octanol–water partition coefficient (Wildman–Crippen LogP) is 4.08. The van der Waals surface area contributed by atoms with Crippen molar-refractivity contribution in [1.29, 1.82) is 0 Å². The fourth-order valence-electron chi connectivity index (χ4n) is 3.06. The number of carbonyl (C=O) groups excluding carboxylic acids is 1. The molecule has 1 aliphatic rings. The topological polar surface area (TPSA) is 73.6 Å². The number of benzene rings is 2. The molecular weight excluding hydrogens is 383 g/mol. The van der Waals surface area contributed by atoms with Gasteiger partial charge in [0.15, 0.2) is 0 Å². The van der Waals surface area contributed by atoms with E-state index in [4.69, 9.17) is 15.2 Å². The van der Waals surface area contributed by atoms with Crippen LogP contribution >= 0.6 is 12.4 Å². The lowest BCUT2D eigenvalue weighted by Gasteiger charge is -2.21.